The second-order valence-electron chi connectivity index (χ2n) is 7.24. The van der Waals surface area contributed by atoms with Gasteiger partial charge in [0.2, 0.25) is 0 Å². The van der Waals surface area contributed by atoms with Crippen LogP contribution in [0.3, 0.4) is 0 Å². The van der Waals surface area contributed by atoms with Crippen molar-refractivity contribution >= 4 is 15.6 Å². The Morgan fingerprint density at radius 3 is 2.31 bits per heavy atom. The van der Waals surface area contributed by atoms with E-state index < -0.39 is 21.2 Å². The van der Waals surface area contributed by atoms with Gasteiger partial charge in [-0.25, -0.2) is 8.42 Å². The van der Waals surface area contributed by atoms with E-state index in [9.17, 15) is 13.2 Å². The van der Waals surface area contributed by atoms with Crippen molar-refractivity contribution < 1.29 is 13.2 Å². The molecule has 1 aliphatic heterocycles. The first-order valence-corrected chi connectivity index (χ1v) is 11.0. The third-order valence-electron chi connectivity index (χ3n) is 5.63. The normalized spacial score (nSPS) is 24.7. The highest BCUT2D eigenvalue weighted by molar-refractivity contribution is 7.91. The zero-order chi connectivity index (χ0) is 18.8. The molecule has 2 aromatic rings. The van der Waals surface area contributed by atoms with E-state index in [0.29, 0.717) is 23.3 Å². The number of sulfone groups is 1. The van der Waals surface area contributed by atoms with Gasteiger partial charge >= 0.3 is 0 Å². The Balaban J connectivity index is 2.27. The second-order valence-corrected chi connectivity index (χ2v) is 9.20. The highest BCUT2D eigenvalue weighted by atomic mass is 32.2. The summed E-state index contributed by atoms with van der Waals surface area (Å²) in [6, 6.07) is 16.6. The molecule has 0 bridgehead atoms. The first-order valence-electron chi connectivity index (χ1n) is 9.36. The summed E-state index contributed by atoms with van der Waals surface area (Å²) in [6.45, 7) is 4.02. The van der Waals surface area contributed by atoms with Crippen LogP contribution in [-0.2, 0) is 14.6 Å². The number of unbranched alkanes of at least 4 members (excludes halogenated alkanes) is 1. The first-order chi connectivity index (χ1) is 12.4. The Bertz CT molecular complexity index is 887. The highest BCUT2D eigenvalue weighted by Gasteiger charge is 2.48. The fraction of sp³-hybridized carbons (Fsp3) is 0.409. The van der Waals surface area contributed by atoms with Crippen LogP contribution in [0.4, 0.5) is 0 Å². The minimum absolute atomic E-state index is 0.0492. The number of carbonyl (C=O) groups is 1. The van der Waals surface area contributed by atoms with Gasteiger partial charge in [-0.3, -0.25) is 4.79 Å². The van der Waals surface area contributed by atoms with Crippen molar-refractivity contribution in [1.29, 1.82) is 0 Å². The fourth-order valence-corrected chi connectivity index (χ4v) is 6.31. The van der Waals surface area contributed by atoms with Crippen molar-refractivity contribution in [2.45, 2.75) is 50.3 Å². The van der Waals surface area contributed by atoms with Crippen LogP contribution in [0, 0.1) is 5.41 Å². The molecular formula is C22H26O3S. The van der Waals surface area contributed by atoms with Crippen LogP contribution in [0.15, 0.2) is 59.5 Å². The van der Waals surface area contributed by atoms with Crippen molar-refractivity contribution in [2.75, 3.05) is 5.75 Å². The zero-order valence-electron chi connectivity index (χ0n) is 15.4. The highest BCUT2D eigenvalue weighted by Crippen LogP contribution is 2.45. The summed E-state index contributed by atoms with van der Waals surface area (Å²) in [5.41, 5.74) is 0.667. The Labute approximate surface area is 156 Å². The Hall–Kier alpha value is -1.94. The molecule has 0 spiro atoms. The summed E-state index contributed by atoms with van der Waals surface area (Å²) in [6.07, 6.45) is 2.96. The molecular weight excluding hydrogens is 344 g/mol. The molecule has 0 radical (unpaired) electrons. The second kappa shape index (κ2) is 7.36. The third kappa shape index (κ3) is 3.23. The minimum atomic E-state index is -3.52. The number of Topliss-reactive ketones (excluding diaryl/α,β-unsaturated/α-hetero) is 1. The topological polar surface area (TPSA) is 51.2 Å². The lowest BCUT2D eigenvalue weighted by Gasteiger charge is -2.32. The lowest BCUT2D eigenvalue weighted by Crippen LogP contribution is -2.38. The molecule has 2 aromatic carbocycles. The van der Waals surface area contributed by atoms with Crippen LogP contribution in [0.25, 0.3) is 0 Å². The minimum Gasteiger partial charge on any atom is -0.298 e. The van der Waals surface area contributed by atoms with Gasteiger partial charge in [-0.05, 0) is 30.0 Å². The maximum Gasteiger partial charge on any atom is 0.179 e. The molecule has 26 heavy (non-hydrogen) atoms. The summed E-state index contributed by atoms with van der Waals surface area (Å²) in [7, 11) is -3.52. The van der Waals surface area contributed by atoms with Gasteiger partial charge in [0, 0.05) is 5.41 Å². The van der Waals surface area contributed by atoms with Crippen LogP contribution in [-0.4, -0.2) is 20.0 Å². The van der Waals surface area contributed by atoms with Crippen molar-refractivity contribution in [1.82, 2.24) is 0 Å². The van der Waals surface area contributed by atoms with E-state index in [-0.39, 0.29) is 11.5 Å². The number of fused-ring (bicyclic) bond motifs is 1. The van der Waals surface area contributed by atoms with Gasteiger partial charge in [-0.15, -0.1) is 0 Å². The molecule has 2 atom stereocenters. The smallest absolute Gasteiger partial charge is 0.179 e. The molecule has 0 saturated carbocycles. The largest absolute Gasteiger partial charge is 0.298 e. The number of ketones is 1. The average Bonchev–Trinajstić information content (AvgIpc) is 2.73. The molecule has 138 valence electrons. The number of rotatable bonds is 5. The van der Waals surface area contributed by atoms with E-state index in [1.165, 1.54) is 0 Å². The predicted octanol–water partition coefficient (Wildman–Crippen LogP) is 4.76. The van der Waals surface area contributed by atoms with Gasteiger partial charge in [0.1, 0.15) is 0 Å². The molecule has 0 aromatic heterocycles. The van der Waals surface area contributed by atoms with Crippen molar-refractivity contribution in [3.8, 4) is 0 Å². The van der Waals surface area contributed by atoms with Crippen molar-refractivity contribution in [3.63, 3.8) is 0 Å². The van der Waals surface area contributed by atoms with Gasteiger partial charge in [-0.2, -0.15) is 0 Å². The molecule has 3 nitrogen and oxygen atoms in total. The molecule has 0 amide bonds. The summed E-state index contributed by atoms with van der Waals surface area (Å²) in [5, 5.41) is 0. The molecule has 1 aliphatic rings. The summed E-state index contributed by atoms with van der Waals surface area (Å²) in [4.78, 5) is 14.1. The van der Waals surface area contributed by atoms with E-state index in [2.05, 4.69) is 6.92 Å². The lowest BCUT2D eigenvalue weighted by atomic mass is 9.70. The van der Waals surface area contributed by atoms with Crippen LogP contribution in [0.2, 0.25) is 0 Å². The Morgan fingerprint density at radius 2 is 1.65 bits per heavy atom. The van der Waals surface area contributed by atoms with Crippen molar-refractivity contribution in [3.05, 3.63) is 65.7 Å². The molecule has 4 heteroatoms. The maximum atomic E-state index is 13.8. The molecule has 0 aliphatic carbocycles. The summed E-state index contributed by atoms with van der Waals surface area (Å²) < 4.78 is 26.4. The molecule has 2 unspecified atom stereocenters. The maximum absolute atomic E-state index is 13.8. The SMILES string of the molecule is CCCCC1(CC)CS(=O)(=O)c2ccccc2C(c2ccccc2)C1=O. The van der Waals surface area contributed by atoms with Gasteiger partial charge in [0.15, 0.2) is 15.6 Å². The van der Waals surface area contributed by atoms with E-state index in [4.69, 9.17) is 0 Å². The molecule has 3 rings (SSSR count). The van der Waals surface area contributed by atoms with Crippen LogP contribution in [0.1, 0.15) is 56.6 Å². The van der Waals surface area contributed by atoms with E-state index in [1.54, 1.807) is 18.2 Å². The Morgan fingerprint density at radius 1 is 1.00 bits per heavy atom. The first kappa shape index (κ1) is 18.8. The van der Waals surface area contributed by atoms with Gasteiger partial charge < -0.3 is 0 Å². The third-order valence-corrected chi connectivity index (χ3v) is 7.61. The lowest BCUT2D eigenvalue weighted by molar-refractivity contribution is -0.129. The van der Waals surface area contributed by atoms with E-state index in [0.717, 1.165) is 18.4 Å². The van der Waals surface area contributed by atoms with E-state index in [1.807, 2.05) is 43.3 Å². The molecule has 0 N–H and O–H groups in total. The summed E-state index contributed by atoms with van der Waals surface area (Å²) >= 11 is 0. The number of hydrogen-bond donors (Lipinski definition) is 0. The zero-order valence-corrected chi connectivity index (χ0v) is 16.3. The molecule has 0 saturated heterocycles. The summed E-state index contributed by atoms with van der Waals surface area (Å²) in [5.74, 6) is -0.565. The molecule has 0 fully saturated rings. The quantitative estimate of drug-likeness (QED) is 0.762. The number of benzene rings is 2. The monoisotopic (exact) mass is 370 g/mol. The predicted molar refractivity (Wildman–Crippen MR) is 104 cm³/mol. The van der Waals surface area contributed by atoms with Crippen LogP contribution in [0.5, 0.6) is 0 Å². The average molecular weight is 371 g/mol. The van der Waals surface area contributed by atoms with Gasteiger partial charge in [0.25, 0.3) is 0 Å². The van der Waals surface area contributed by atoms with Gasteiger partial charge in [0.05, 0.1) is 16.6 Å². The fourth-order valence-electron chi connectivity index (χ4n) is 4.10. The van der Waals surface area contributed by atoms with Crippen LogP contribution < -0.4 is 0 Å². The Kier molecular flexibility index (Phi) is 5.33. The van der Waals surface area contributed by atoms with Crippen LogP contribution >= 0.6 is 0 Å². The number of carbonyl (C=O) groups excluding carboxylic acids is 1. The molecule has 1 heterocycles. The number of hydrogen-bond acceptors (Lipinski definition) is 3. The standard InChI is InChI=1S/C22H26O3S/c1-3-5-15-22(4-2)16-26(24,25)19-14-10-9-13-18(19)20(21(22)23)17-11-7-6-8-12-17/h6-14,20H,3-5,15-16H2,1-2H3. The van der Waals surface area contributed by atoms with Gasteiger partial charge in [-0.1, -0.05) is 75.2 Å². The van der Waals surface area contributed by atoms with E-state index >= 15 is 0 Å². The van der Waals surface area contributed by atoms with Crippen molar-refractivity contribution in [2.24, 2.45) is 5.41 Å².